The number of fused-ring (bicyclic) bond motifs is 15. The summed E-state index contributed by atoms with van der Waals surface area (Å²) < 4.78 is 42.1. The first-order chi connectivity index (χ1) is 40.2. The fraction of sp³-hybridized carbons (Fsp3) is 0.540. The molecule has 5 aliphatic heterocycles. The lowest BCUT2D eigenvalue weighted by Gasteiger charge is -2.44. The van der Waals surface area contributed by atoms with Gasteiger partial charge in [0.2, 0.25) is 5.43 Å². The number of ether oxygens (including phenoxy) is 4. The quantitative estimate of drug-likeness (QED) is 0.0468. The number of rotatable bonds is 9. The number of amides is 1. The average Bonchev–Trinajstić information content (AvgIpc) is 1.71. The van der Waals surface area contributed by atoms with Crippen molar-refractivity contribution in [3.8, 4) is 23.0 Å². The summed E-state index contributed by atoms with van der Waals surface area (Å²) in [5.74, 6) is -10.6. The zero-order valence-corrected chi connectivity index (χ0v) is 50.3. The molecule has 0 radical (unpaired) electrons. The number of methoxy groups -OCH3 is 1. The van der Waals surface area contributed by atoms with Crippen molar-refractivity contribution < 1.29 is 73.2 Å². The maximum Gasteiger partial charge on any atom is 0.341 e. The number of aromatic hydroxyl groups is 3. The maximum absolute atomic E-state index is 16.3. The lowest BCUT2D eigenvalue weighted by molar-refractivity contribution is -0.160. The summed E-state index contributed by atoms with van der Waals surface area (Å²) in [6.45, 7) is 14.1. The third kappa shape index (κ3) is 10.6. The smallest absolute Gasteiger partial charge is 0.341 e. The van der Waals surface area contributed by atoms with Crippen molar-refractivity contribution in [2.75, 3.05) is 55.5 Å². The van der Waals surface area contributed by atoms with Crippen LogP contribution in [0.1, 0.15) is 126 Å². The fourth-order valence-corrected chi connectivity index (χ4v) is 14.4. The van der Waals surface area contributed by atoms with Crippen molar-refractivity contribution in [1.29, 1.82) is 0 Å². The fourth-order valence-electron chi connectivity index (χ4n) is 13.9. The first-order valence-corrected chi connectivity index (χ1v) is 29.7. The molecule has 1 amide bonds. The zero-order valence-electron chi connectivity index (χ0n) is 49.6. The second-order valence-corrected chi connectivity index (χ2v) is 25.0. The van der Waals surface area contributed by atoms with Crippen LogP contribution >= 0.6 is 11.6 Å². The van der Waals surface area contributed by atoms with E-state index in [2.05, 4.69) is 17.3 Å². The second-order valence-electron chi connectivity index (χ2n) is 24.6. The molecule has 20 nitrogen and oxygen atoms in total. The Morgan fingerprint density at radius 3 is 2.18 bits per heavy atom. The summed E-state index contributed by atoms with van der Waals surface area (Å²) >= 11 is 7.08. The molecule has 4 fully saturated rings. The number of aliphatic hydroxyl groups is 2. The molecule has 7 aliphatic rings. The largest absolute Gasteiger partial charge is 0.507 e. The van der Waals surface area contributed by atoms with Crippen molar-refractivity contribution in [1.82, 2.24) is 9.47 Å². The van der Waals surface area contributed by atoms with Gasteiger partial charge in [0, 0.05) is 111 Å². The second kappa shape index (κ2) is 23.1. The standard InChI is InChI=1S/C63H77ClFN5O15/c1-29-12-11-13-30(2)60(79)66-47-50(68-23-17-37(18-24-68)67(9)63(20-21-63)36-16-22-69(27-36)49-41(65)26-39-48(46(49)64)70(38-14-15-38)28-40(54(39)75)61(80)81)56(77)43-44(55(47)76)53(74)34(6)58-45(43)59(78)62(8,85-58)83-25-19-42(82-10)31(3)57(84-35(7)71)33(5)52(73)32(4)51(29)72/h11-13,19,25-26,28-29,31-33,36-38,42,51-52,57,72-74,76-77H,14-18,20-24,27H2,1-10H3,(H,66,79)(H,80,81)/b12-11+,25-19+,30-13-/t29-,31+,32+,33+,36?,42-,51-,52+,57+,62-/m0/s1. The van der Waals surface area contributed by atoms with Gasteiger partial charge in [-0.15, -0.1) is 0 Å². The molecule has 85 heavy (non-hydrogen) atoms. The van der Waals surface area contributed by atoms with Crippen LogP contribution in [0.15, 0.2) is 53.2 Å². The number of carboxylic acid groups (broad SMARTS) is 1. The summed E-state index contributed by atoms with van der Waals surface area (Å²) in [5, 5.41) is 72.6. The highest BCUT2D eigenvalue weighted by Gasteiger charge is 2.56. The topological polar surface area (TPSA) is 270 Å². The Hall–Kier alpha value is -6.91. The van der Waals surface area contributed by atoms with Gasteiger partial charge in [0.25, 0.3) is 11.7 Å². The van der Waals surface area contributed by atoms with Crippen LogP contribution in [0.2, 0.25) is 5.02 Å². The third-order valence-corrected chi connectivity index (χ3v) is 19.7. The van der Waals surface area contributed by atoms with Gasteiger partial charge in [-0.25, -0.2) is 9.18 Å². The van der Waals surface area contributed by atoms with E-state index in [1.54, 1.807) is 44.4 Å². The van der Waals surface area contributed by atoms with Crippen LogP contribution in [0.3, 0.4) is 0 Å². The Bertz CT molecular complexity index is 3550. The number of hydrogen-bond donors (Lipinski definition) is 7. The van der Waals surface area contributed by atoms with Crippen molar-refractivity contribution in [3.63, 3.8) is 0 Å². The molecule has 22 heteroatoms. The molecule has 1 aromatic heterocycles. The number of carboxylic acids is 1. The number of carbonyl (C=O) groups excluding carboxylic acids is 3. The van der Waals surface area contributed by atoms with E-state index in [0.29, 0.717) is 44.5 Å². The predicted molar refractivity (Wildman–Crippen MR) is 318 cm³/mol. The van der Waals surface area contributed by atoms with E-state index in [4.69, 9.17) is 30.5 Å². The van der Waals surface area contributed by atoms with E-state index in [-0.39, 0.29) is 84.2 Å². The number of aromatic carboxylic acids is 1. The Balaban J connectivity index is 0.969. The van der Waals surface area contributed by atoms with Gasteiger partial charge < -0.3 is 69.3 Å². The van der Waals surface area contributed by atoms with E-state index < -0.39 is 112 Å². The van der Waals surface area contributed by atoms with Crippen LogP contribution in [0.25, 0.3) is 21.7 Å². The number of benzene rings is 3. The van der Waals surface area contributed by atoms with Crippen LogP contribution in [-0.2, 0) is 23.8 Å². The van der Waals surface area contributed by atoms with Gasteiger partial charge in [-0.1, -0.05) is 57.5 Å². The van der Waals surface area contributed by atoms with Gasteiger partial charge >= 0.3 is 17.7 Å². The number of nitrogens with one attached hydrogen (secondary N) is 1. The molecule has 11 rings (SSSR count). The number of halogens is 2. The number of phenolic OH excluding ortho intramolecular Hbond substituents is 3. The predicted octanol–water partition coefficient (Wildman–Crippen LogP) is 8.85. The number of allylic oxidation sites excluding steroid dienone is 2. The monoisotopic (exact) mass is 1200 g/mol. The molecule has 4 aromatic rings. The van der Waals surface area contributed by atoms with Crippen LogP contribution in [0, 0.1) is 42.3 Å². The minimum absolute atomic E-state index is 0.00384. The number of ketones is 1. The van der Waals surface area contributed by atoms with E-state index in [1.165, 1.54) is 59.4 Å². The minimum atomic E-state index is -2.10. The van der Waals surface area contributed by atoms with Crippen LogP contribution in [0.4, 0.5) is 21.5 Å². The van der Waals surface area contributed by atoms with Crippen molar-refractivity contribution >= 4 is 74.0 Å². The van der Waals surface area contributed by atoms with E-state index in [1.807, 2.05) is 9.80 Å². The summed E-state index contributed by atoms with van der Waals surface area (Å²) in [6, 6.07) is 1.07. The SMILES string of the molecule is CO[C@H]1/C=C/O[C@@]2(C)Oc3c(C)c(O)c4c(O)c(c(N5CCC(N(C)C6(C7CCN(c8c(F)cc9c(=O)c(C(=O)O)cn(C%10CC%10)c9c8Cl)C7)CC6)CC5)c(O)c4c3C2=O)NC(=O)/C(C)=C\C=C\[C@H](C)[C@H](O)[C@@H](C)[C@@H](O)[C@@H](C)[C@H](OC(C)=O)[C@@H]1C. The number of nitrogens with zero attached hydrogens (tertiary/aromatic N) is 4. The van der Waals surface area contributed by atoms with E-state index >= 15 is 4.39 Å². The minimum Gasteiger partial charge on any atom is -0.507 e. The summed E-state index contributed by atoms with van der Waals surface area (Å²) in [5.41, 5.74) is -1.17. The van der Waals surface area contributed by atoms with Gasteiger partial charge in [0.1, 0.15) is 46.1 Å². The van der Waals surface area contributed by atoms with Crippen molar-refractivity contribution in [2.45, 2.75) is 148 Å². The average molecular weight is 1200 g/mol. The lowest BCUT2D eigenvalue weighted by Crippen LogP contribution is -2.51. The third-order valence-electron chi connectivity index (χ3n) is 19.4. The number of anilines is 3. The van der Waals surface area contributed by atoms with Gasteiger partial charge in [0.05, 0.1) is 57.1 Å². The van der Waals surface area contributed by atoms with Gasteiger partial charge in [-0.2, -0.15) is 0 Å². The molecule has 5 bridgehead atoms. The van der Waals surface area contributed by atoms with Crippen molar-refractivity contribution in [3.05, 3.63) is 86.2 Å². The Morgan fingerprint density at radius 2 is 1.55 bits per heavy atom. The molecule has 0 spiro atoms. The molecule has 2 saturated carbocycles. The normalized spacial score (nSPS) is 29.9. The zero-order chi connectivity index (χ0) is 61.6. The number of Topliss-reactive ketones (excluding diaryl/α,β-unsaturated/α-hetero) is 1. The molecule has 7 N–H and O–H groups in total. The molecular formula is C63H77ClFN5O15. The Labute approximate surface area is 497 Å². The highest BCUT2D eigenvalue weighted by molar-refractivity contribution is 6.38. The van der Waals surface area contributed by atoms with E-state index in [9.17, 15) is 54.6 Å². The van der Waals surface area contributed by atoms with Crippen molar-refractivity contribution in [2.24, 2.45) is 29.6 Å². The van der Waals surface area contributed by atoms with Crippen LogP contribution < -0.4 is 25.3 Å². The van der Waals surface area contributed by atoms with Gasteiger partial charge in [-0.3, -0.25) is 24.1 Å². The number of aliphatic hydroxyl groups excluding tert-OH is 2. The molecule has 10 atom stereocenters. The number of phenols is 3. The number of hydrogen-bond acceptors (Lipinski definition) is 17. The number of esters is 1. The maximum atomic E-state index is 16.3. The molecular weight excluding hydrogens is 1120 g/mol. The van der Waals surface area contributed by atoms with E-state index in [0.717, 1.165) is 38.2 Å². The number of piperidine rings is 1. The highest BCUT2D eigenvalue weighted by atomic mass is 35.5. The summed E-state index contributed by atoms with van der Waals surface area (Å²) in [4.78, 5) is 73.3. The number of aromatic nitrogens is 1. The molecule has 2 aliphatic carbocycles. The molecule has 6 heterocycles. The molecule has 3 aromatic carbocycles. The van der Waals surface area contributed by atoms with Crippen LogP contribution in [-0.4, -0.2) is 146 Å². The summed E-state index contributed by atoms with van der Waals surface area (Å²) in [6.07, 6.45) is 9.91. The summed E-state index contributed by atoms with van der Waals surface area (Å²) in [7, 11) is 3.52. The highest BCUT2D eigenvalue weighted by Crippen LogP contribution is 2.59. The Kier molecular flexibility index (Phi) is 16.6. The first-order valence-electron chi connectivity index (χ1n) is 29.3. The Morgan fingerprint density at radius 1 is 0.882 bits per heavy atom. The number of carbonyl (C=O) groups is 4. The number of pyridine rings is 1. The van der Waals surface area contributed by atoms with Gasteiger partial charge in [0.15, 0.2) is 5.75 Å². The molecule has 458 valence electrons. The van der Waals surface area contributed by atoms with Gasteiger partial charge in [-0.05, 0) is 83.9 Å². The lowest BCUT2D eigenvalue weighted by atomic mass is 9.78. The molecule has 2 saturated heterocycles. The molecule has 1 unspecified atom stereocenters. The van der Waals surface area contributed by atoms with Crippen LogP contribution in [0.5, 0.6) is 23.0 Å². The first kappa shape index (κ1) is 61.2.